The third-order valence-electron chi connectivity index (χ3n) is 3.29. The topological polar surface area (TPSA) is 40.5 Å². The molecule has 3 heteroatoms. The normalized spacial score (nSPS) is 28.6. The first-order valence-corrected chi connectivity index (χ1v) is 5.52. The van der Waals surface area contributed by atoms with Gasteiger partial charge in [0.2, 0.25) is 0 Å². The van der Waals surface area contributed by atoms with E-state index in [4.69, 9.17) is 5.11 Å². The molecule has 3 nitrogen and oxygen atoms in total. The highest BCUT2D eigenvalue weighted by Gasteiger charge is 2.33. The van der Waals surface area contributed by atoms with Gasteiger partial charge in [0.15, 0.2) is 0 Å². The molecule has 14 heavy (non-hydrogen) atoms. The lowest BCUT2D eigenvalue weighted by Gasteiger charge is -2.43. The second-order valence-corrected chi connectivity index (χ2v) is 4.55. The fraction of sp³-hybridized carbons (Fsp3) is 0.909. The molecule has 0 bridgehead atoms. The molecule has 1 rings (SSSR count). The Labute approximate surface area is 86.1 Å². The van der Waals surface area contributed by atoms with Crippen LogP contribution in [0.4, 0.5) is 0 Å². The van der Waals surface area contributed by atoms with Crippen molar-refractivity contribution in [3.63, 3.8) is 0 Å². The first-order valence-electron chi connectivity index (χ1n) is 5.52. The zero-order chi connectivity index (χ0) is 10.7. The third-order valence-corrected chi connectivity index (χ3v) is 3.29. The van der Waals surface area contributed by atoms with Crippen LogP contribution in [0.15, 0.2) is 0 Å². The van der Waals surface area contributed by atoms with Gasteiger partial charge in [-0.2, -0.15) is 0 Å². The van der Waals surface area contributed by atoms with Crippen LogP contribution in [0.3, 0.4) is 0 Å². The lowest BCUT2D eigenvalue weighted by molar-refractivity contribution is -0.140. The van der Waals surface area contributed by atoms with Crippen LogP contribution in [0.5, 0.6) is 0 Å². The van der Waals surface area contributed by atoms with Gasteiger partial charge in [-0.15, -0.1) is 0 Å². The summed E-state index contributed by atoms with van der Waals surface area (Å²) in [7, 11) is 0. The molecule has 1 N–H and O–H groups in total. The number of nitrogens with zero attached hydrogens (tertiary/aromatic N) is 1. The van der Waals surface area contributed by atoms with Crippen molar-refractivity contribution in [1.29, 1.82) is 0 Å². The van der Waals surface area contributed by atoms with E-state index >= 15 is 0 Å². The average Bonchev–Trinajstić information content (AvgIpc) is 2.08. The maximum Gasteiger partial charge on any atom is 0.317 e. The second kappa shape index (κ2) is 4.78. The van der Waals surface area contributed by atoms with Crippen LogP contribution < -0.4 is 0 Å². The van der Waals surface area contributed by atoms with E-state index in [-0.39, 0.29) is 6.54 Å². The molecule has 1 unspecified atom stereocenters. The Kier molecular flexibility index (Phi) is 3.93. The van der Waals surface area contributed by atoms with Crippen molar-refractivity contribution in [1.82, 2.24) is 4.90 Å². The third kappa shape index (κ3) is 2.71. The molecule has 0 aliphatic heterocycles. The first kappa shape index (κ1) is 11.5. The van der Waals surface area contributed by atoms with Gasteiger partial charge in [-0.1, -0.05) is 13.8 Å². The van der Waals surface area contributed by atoms with Gasteiger partial charge >= 0.3 is 5.97 Å². The average molecular weight is 199 g/mol. The van der Waals surface area contributed by atoms with E-state index in [1.54, 1.807) is 0 Å². The number of aliphatic carboxylic acids is 1. The SMILES string of the molecule is CCC(C)N(CC(=O)O)C1CC(C)C1. The Bertz CT molecular complexity index is 199. The summed E-state index contributed by atoms with van der Waals surface area (Å²) in [6.07, 6.45) is 3.35. The summed E-state index contributed by atoms with van der Waals surface area (Å²) >= 11 is 0. The summed E-state index contributed by atoms with van der Waals surface area (Å²) in [5, 5.41) is 8.82. The molecule has 1 aliphatic rings. The lowest BCUT2D eigenvalue weighted by Crippen LogP contribution is -2.50. The second-order valence-electron chi connectivity index (χ2n) is 4.55. The van der Waals surface area contributed by atoms with E-state index in [0.717, 1.165) is 25.2 Å². The van der Waals surface area contributed by atoms with E-state index in [1.165, 1.54) is 0 Å². The fourth-order valence-corrected chi connectivity index (χ4v) is 2.17. The minimum Gasteiger partial charge on any atom is -0.480 e. The van der Waals surface area contributed by atoms with Gasteiger partial charge in [-0.05, 0) is 32.1 Å². The molecule has 0 radical (unpaired) electrons. The van der Waals surface area contributed by atoms with Crippen molar-refractivity contribution in [2.75, 3.05) is 6.54 Å². The fourth-order valence-electron chi connectivity index (χ4n) is 2.17. The molecule has 0 aromatic carbocycles. The van der Waals surface area contributed by atoms with Gasteiger partial charge in [-0.25, -0.2) is 0 Å². The Morgan fingerprint density at radius 1 is 1.57 bits per heavy atom. The molecule has 0 aromatic rings. The summed E-state index contributed by atoms with van der Waals surface area (Å²) in [6, 6.07) is 0.902. The molecule has 0 heterocycles. The Morgan fingerprint density at radius 2 is 2.14 bits per heavy atom. The van der Waals surface area contributed by atoms with Crippen LogP contribution in [0, 0.1) is 5.92 Å². The smallest absolute Gasteiger partial charge is 0.317 e. The van der Waals surface area contributed by atoms with Gasteiger partial charge in [-0.3, -0.25) is 9.69 Å². The van der Waals surface area contributed by atoms with Crippen LogP contribution in [0.25, 0.3) is 0 Å². The molecule has 0 spiro atoms. The molecule has 1 aliphatic carbocycles. The van der Waals surface area contributed by atoms with Gasteiger partial charge < -0.3 is 5.11 Å². The number of hydrogen-bond acceptors (Lipinski definition) is 2. The number of rotatable bonds is 5. The van der Waals surface area contributed by atoms with E-state index in [1.807, 2.05) is 0 Å². The van der Waals surface area contributed by atoms with E-state index < -0.39 is 5.97 Å². The van der Waals surface area contributed by atoms with Crippen molar-refractivity contribution in [3.05, 3.63) is 0 Å². The van der Waals surface area contributed by atoms with E-state index in [0.29, 0.717) is 12.1 Å². The maximum absolute atomic E-state index is 10.7. The standard InChI is InChI=1S/C11H21NO2/c1-4-9(3)12(7-11(13)14)10-5-8(2)6-10/h8-10H,4-7H2,1-3H3,(H,13,14). The molecule has 1 saturated carbocycles. The highest BCUT2D eigenvalue weighted by atomic mass is 16.4. The predicted octanol–water partition coefficient (Wildman–Crippen LogP) is 1.97. The van der Waals surface area contributed by atoms with Gasteiger partial charge in [0.25, 0.3) is 0 Å². The zero-order valence-electron chi connectivity index (χ0n) is 9.36. The largest absolute Gasteiger partial charge is 0.480 e. The monoisotopic (exact) mass is 199 g/mol. The summed E-state index contributed by atoms with van der Waals surface area (Å²) in [4.78, 5) is 12.9. The summed E-state index contributed by atoms with van der Waals surface area (Å²) in [5.74, 6) is 0.0743. The van der Waals surface area contributed by atoms with Gasteiger partial charge in [0.1, 0.15) is 0 Å². The molecule has 82 valence electrons. The number of carbonyl (C=O) groups is 1. The van der Waals surface area contributed by atoms with Crippen LogP contribution >= 0.6 is 0 Å². The van der Waals surface area contributed by atoms with E-state index in [9.17, 15) is 4.79 Å². The van der Waals surface area contributed by atoms with Crippen LogP contribution in [-0.4, -0.2) is 34.6 Å². The highest BCUT2D eigenvalue weighted by molar-refractivity contribution is 5.69. The lowest BCUT2D eigenvalue weighted by atomic mass is 9.80. The van der Waals surface area contributed by atoms with Gasteiger partial charge in [0, 0.05) is 12.1 Å². The van der Waals surface area contributed by atoms with Crippen molar-refractivity contribution in [3.8, 4) is 0 Å². The van der Waals surface area contributed by atoms with Crippen LogP contribution in [0.1, 0.15) is 40.0 Å². The minimum atomic E-state index is -0.704. The minimum absolute atomic E-state index is 0.201. The quantitative estimate of drug-likeness (QED) is 0.736. The van der Waals surface area contributed by atoms with E-state index in [2.05, 4.69) is 25.7 Å². The van der Waals surface area contributed by atoms with Crippen molar-refractivity contribution >= 4 is 5.97 Å². The molecule has 1 fully saturated rings. The van der Waals surface area contributed by atoms with Crippen molar-refractivity contribution in [2.24, 2.45) is 5.92 Å². The molecule has 0 amide bonds. The molecule has 1 atom stereocenters. The van der Waals surface area contributed by atoms with Crippen LogP contribution in [-0.2, 0) is 4.79 Å². The first-order chi connectivity index (χ1) is 6.54. The Morgan fingerprint density at radius 3 is 2.50 bits per heavy atom. The van der Waals surface area contributed by atoms with Crippen molar-refractivity contribution < 1.29 is 9.90 Å². The predicted molar refractivity (Wildman–Crippen MR) is 56.3 cm³/mol. The molecule has 0 aromatic heterocycles. The number of carboxylic acids is 1. The number of carboxylic acid groups (broad SMARTS) is 1. The highest BCUT2D eigenvalue weighted by Crippen LogP contribution is 2.32. The molecular formula is C11H21NO2. The maximum atomic E-state index is 10.7. The molecular weight excluding hydrogens is 178 g/mol. The molecule has 0 saturated heterocycles. The van der Waals surface area contributed by atoms with Crippen LogP contribution in [0.2, 0.25) is 0 Å². The summed E-state index contributed by atoms with van der Waals surface area (Å²) in [6.45, 7) is 6.66. The Hall–Kier alpha value is -0.570. The number of hydrogen-bond donors (Lipinski definition) is 1. The van der Waals surface area contributed by atoms with Crippen molar-refractivity contribution in [2.45, 2.75) is 52.1 Å². The zero-order valence-corrected chi connectivity index (χ0v) is 9.36. The summed E-state index contributed by atoms with van der Waals surface area (Å²) in [5.41, 5.74) is 0. The van der Waals surface area contributed by atoms with Gasteiger partial charge in [0.05, 0.1) is 6.54 Å². The Balaban J connectivity index is 2.48. The summed E-state index contributed by atoms with van der Waals surface area (Å²) < 4.78 is 0.